The van der Waals surface area contributed by atoms with Gasteiger partial charge in [-0.3, -0.25) is 14.3 Å². The molecule has 1 aromatic carbocycles. The lowest BCUT2D eigenvalue weighted by molar-refractivity contribution is -0.148. The Bertz CT molecular complexity index is 1170. The number of aryl methyl sites for hydroxylation is 1. The van der Waals surface area contributed by atoms with Crippen LogP contribution in [0.1, 0.15) is 93.6 Å². The van der Waals surface area contributed by atoms with Crippen molar-refractivity contribution in [3.63, 3.8) is 0 Å². The van der Waals surface area contributed by atoms with E-state index in [0.717, 1.165) is 48.1 Å². The summed E-state index contributed by atoms with van der Waals surface area (Å²) < 4.78 is 6.88. The van der Waals surface area contributed by atoms with E-state index in [4.69, 9.17) is 9.72 Å². The van der Waals surface area contributed by atoms with Gasteiger partial charge in [0.1, 0.15) is 11.5 Å². The maximum atomic E-state index is 13.2. The minimum absolute atomic E-state index is 0.151. The molecule has 1 amide bonds. The Hall–Kier alpha value is -3.16. The maximum Gasteiger partial charge on any atom is 0.315 e. The van der Waals surface area contributed by atoms with Crippen molar-refractivity contribution in [2.24, 2.45) is 13.0 Å². The zero-order valence-corrected chi connectivity index (χ0v) is 21.3. The van der Waals surface area contributed by atoms with Gasteiger partial charge in [0, 0.05) is 13.2 Å². The molecule has 3 aromatic rings. The van der Waals surface area contributed by atoms with Crippen molar-refractivity contribution in [2.45, 2.75) is 77.2 Å². The number of rotatable bonds is 7. The monoisotopic (exact) mass is 479 g/mol. The fraction of sp³-hybridized carbons (Fsp3) is 0.556. The molecule has 0 radical (unpaired) electrons. The highest BCUT2D eigenvalue weighted by Crippen LogP contribution is 2.34. The minimum Gasteiger partial charge on any atom is -0.465 e. The number of carbonyl (C=O) groups is 2. The normalized spacial score (nSPS) is 16.5. The number of aromatic nitrogens is 4. The molecule has 0 spiro atoms. The number of aromatic amines is 1. The molecule has 8 heteroatoms. The number of hydrogen-bond acceptors (Lipinski definition) is 5. The molecule has 1 aliphatic rings. The van der Waals surface area contributed by atoms with Crippen LogP contribution in [0.5, 0.6) is 0 Å². The molecule has 1 aliphatic carbocycles. The number of carbonyl (C=O) groups excluding carboxylic acids is 2. The van der Waals surface area contributed by atoms with E-state index in [9.17, 15) is 9.59 Å². The Kier molecular flexibility index (Phi) is 7.57. The van der Waals surface area contributed by atoms with Crippen molar-refractivity contribution in [3.8, 4) is 0 Å². The molecule has 4 rings (SSSR count). The first kappa shape index (κ1) is 24.9. The lowest BCUT2D eigenvalue weighted by Gasteiger charge is -2.28. The van der Waals surface area contributed by atoms with Gasteiger partial charge in [0.25, 0.3) is 5.91 Å². The summed E-state index contributed by atoms with van der Waals surface area (Å²) in [5.74, 6) is 0.646. The number of nitrogens with one attached hydrogen (secondary N) is 2. The highest BCUT2D eigenvalue weighted by molar-refractivity contribution is 5.92. The van der Waals surface area contributed by atoms with Crippen LogP contribution in [-0.2, 0) is 22.0 Å². The molecule has 1 saturated carbocycles. The number of H-pyrrole nitrogens is 1. The van der Waals surface area contributed by atoms with Gasteiger partial charge in [0.2, 0.25) is 0 Å². The Labute approximate surface area is 206 Å². The third-order valence-electron chi connectivity index (χ3n) is 7.26. The van der Waals surface area contributed by atoms with Crippen LogP contribution in [0.2, 0.25) is 0 Å². The third kappa shape index (κ3) is 5.41. The van der Waals surface area contributed by atoms with E-state index in [1.807, 2.05) is 39.0 Å². The predicted molar refractivity (Wildman–Crippen MR) is 135 cm³/mol. The number of nitrogens with zero attached hydrogens (tertiary/aromatic N) is 3. The standard InChI is InChI=1S/C27H37N5O3/c1-5-35-26(34)27(2,3)19-13-14-20-21(17-19)30-24(29-20)23(18-11-9-7-6-8-10-12-18)31-25(33)22-15-16-28-32(22)4/h13-18,23H,5-12H2,1-4H3,(H,29,30)(H,31,33)/t23-/m0/s1. The van der Waals surface area contributed by atoms with Crippen LogP contribution in [0.25, 0.3) is 11.0 Å². The second kappa shape index (κ2) is 10.6. The average Bonchev–Trinajstić information content (AvgIpc) is 3.43. The topological polar surface area (TPSA) is 102 Å². The first-order valence-electron chi connectivity index (χ1n) is 12.8. The molecule has 8 nitrogen and oxygen atoms in total. The van der Waals surface area contributed by atoms with Crippen LogP contribution >= 0.6 is 0 Å². The highest BCUT2D eigenvalue weighted by atomic mass is 16.5. The van der Waals surface area contributed by atoms with E-state index in [2.05, 4.69) is 15.4 Å². The summed E-state index contributed by atoms with van der Waals surface area (Å²) in [6, 6.07) is 7.34. The van der Waals surface area contributed by atoms with E-state index in [-0.39, 0.29) is 17.9 Å². The number of benzene rings is 1. The summed E-state index contributed by atoms with van der Waals surface area (Å²) in [7, 11) is 1.77. The SMILES string of the molecule is CCOC(=O)C(C)(C)c1ccc2nc([C@@H](NC(=O)c3ccnn3C)C3CCCCCCC3)[nH]c2c1. The largest absolute Gasteiger partial charge is 0.465 e. The minimum atomic E-state index is -0.776. The summed E-state index contributed by atoms with van der Waals surface area (Å²) in [5.41, 5.74) is 2.27. The van der Waals surface area contributed by atoms with E-state index in [0.29, 0.717) is 18.2 Å². The van der Waals surface area contributed by atoms with E-state index < -0.39 is 5.41 Å². The molecule has 188 valence electrons. The molecular formula is C27H37N5O3. The summed E-state index contributed by atoms with van der Waals surface area (Å²) in [6.45, 7) is 5.90. The third-order valence-corrected chi connectivity index (χ3v) is 7.26. The molecule has 1 atom stereocenters. The Morgan fingerprint density at radius 1 is 1.17 bits per heavy atom. The first-order chi connectivity index (χ1) is 16.8. The van der Waals surface area contributed by atoms with Crippen molar-refractivity contribution in [1.29, 1.82) is 0 Å². The Balaban J connectivity index is 1.68. The van der Waals surface area contributed by atoms with Crippen molar-refractivity contribution in [1.82, 2.24) is 25.1 Å². The van der Waals surface area contributed by atoms with Crippen LogP contribution < -0.4 is 5.32 Å². The molecule has 2 heterocycles. The molecule has 2 N–H and O–H groups in total. The lowest BCUT2D eigenvalue weighted by Crippen LogP contribution is -2.35. The first-order valence-corrected chi connectivity index (χ1v) is 12.8. The zero-order chi connectivity index (χ0) is 25.0. The van der Waals surface area contributed by atoms with E-state index >= 15 is 0 Å². The van der Waals surface area contributed by atoms with Gasteiger partial charge in [-0.2, -0.15) is 5.10 Å². The quantitative estimate of drug-likeness (QED) is 0.466. The molecule has 35 heavy (non-hydrogen) atoms. The van der Waals surface area contributed by atoms with E-state index in [1.54, 1.807) is 24.0 Å². The number of ether oxygens (including phenoxy) is 1. The van der Waals surface area contributed by atoms with Crippen molar-refractivity contribution in [2.75, 3.05) is 6.61 Å². The van der Waals surface area contributed by atoms with Crippen molar-refractivity contribution >= 4 is 22.9 Å². The van der Waals surface area contributed by atoms with E-state index in [1.165, 1.54) is 19.3 Å². The summed E-state index contributed by atoms with van der Waals surface area (Å²) in [6.07, 6.45) is 9.78. The smallest absolute Gasteiger partial charge is 0.315 e. The molecule has 0 saturated heterocycles. The number of imidazole rings is 1. The predicted octanol–water partition coefficient (Wildman–Crippen LogP) is 4.97. The number of amides is 1. The van der Waals surface area contributed by atoms with Gasteiger partial charge in [-0.15, -0.1) is 0 Å². The van der Waals surface area contributed by atoms with Crippen LogP contribution in [-0.4, -0.2) is 38.2 Å². The molecule has 2 aromatic heterocycles. The summed E-state index contributed by atoms with van der Waals surface area (Å²) in [5, 5.41) is 7.41. The molecular weight excluding hydrogens is 442 g/mol. The molecule has 0 unspecified atom stereocenters. The van der Waals surface area contributed by atoms with Crippen LogP contribution in [0.3, 0.4) is 0 Å². The van der Waals surface area contributed by atoms with Crippen molar-refractivity contribution in [3.05, 3.63) is 47.5 Å². The lowest BCUT2D eigenvalue weighted by atomic mass is 9.84. The number of esters is 1. The number of hydrogen-bond donors (Lipinski definition) is 2. The van der Waals surface area contributed by atoms with Crippen LogP contribution in [0, 0.1) is 5.92 Å². The van der Waals surface area contributed by atoms with Gasteiger partial charge < -0.3 is 15.0 Å². The fourth-order valence-electron chi connectivity index (χ4n) is 5.04. The molecule has 0 bridgehead atoms. The van der Waals surface area contributed by atoms with Gasteiger partial charge >= 0.3 is 5.97 Å². The van der Waals surface area contributed by atoms with Crippen LogP contribution in [0.15, 0.2) is 30.5 Å². The average molecular weight is 480 g/mol. The maximum absolute atomic E-state index is 13.2. The van der Waals surface area contributed by atoms with Gasteiger partial charge in [0.05, 0.1) is 29.1 Å². The second-order valence-electron chi connectivity index (χ2n) is 10.1. The molecule has 0 aliphatic heterocycles. The number of fused-ring (bicyclic) bond motifs is 1. The van der Waals surface area contributed by atoms with Gasteiger partial charge in [-0.25, -0.2) is 4.98 Å². The van der Waals surface area contributed by atoms with Crippen molar-refractivity contribution < 1.29 is 14.3 Å². The Morgan fingerprint density at radius 2 is 1.89 bits per heavy atom. The second-order valence-corrected chi connectivity index (χ2v) is 10.1. The fourth-order valence-corrected chi connectivity index (χ4v) is 5.04. The van der Waals surface area contributed by atoms with Gasteiger partial charge in [-0.1, -0.05) is 38.2 Å². The Morgan fingerprint density at radius 3 is 2.54 bits per heavy atom. The summed E-state index contributed by atoms with van der Waals surface area (Å²) in [4.78, 5) is 34.1. The zero-order valence-electron chi connectivity index (χ0n) is 21.3. The highest BCUT2D eigenvalue weighted by Gasteiger charge is 2.33. The van der Waals surface area contributed by atoms with Gasteiger partial charge in [-0.05, 0) is 63.3 Å². The summed E-state index contributed by atoms with van der Waals surface area (Å²) >= 11 is 0. The molecule has 1 fully saturated rings. The van der Waals surface area contributed by atoms with Crippen LogP contribution in [0.4, 0.5) is 0 Å². The van der Waals surface area contributed by atoms with Gasteiger partial charge in [0.15, 0.2) is 0 Å².